The molecule has 2 amide bonds. The van der Waals surface area contributed by atoms with Gasteiger partial charge in [-0.25, -0.2) is 14.8 Å². The highest BCUT2D eigenvalue weighted by molar-refractivity contribution is 5.82. The zero-order chi connectivity index (χ0) is 21.4. The Kier molecular flexibility index (Phi) is 8.92. The van der Waals surface area contributed by atoms with E-state index in [4.69, 9.17) is 0 Å². The molecule has 29 heavy (non-hydrogen) atoms. The number of nitrogens with one attached hydrogen (secondary N) is 1. The SMILES string of the molecule is CC(C)CCC[C@@H](C(O)C(=O)N[C@H](C)c1ccccc1)N(C(=O)O)N1CCCC1. The number of carboxylic acid groups (broad SMARTS) is 1. The van der Waals surface area contributed by atoms with Gasteiger partial charge in [0.15, 0.2) is 6.10 Å². The summed E-state index contributed by atoms with van der Waals surface area (Å²) in [6.45, 7) is 7.32. The van der Waals surface area contributed by atoms with Crippen LogP contribution < -0.4 is 5.32 Å². The van der Waals surface area contributed by atoms with Crippen molar-refractivity contribution >= 4 is 12.0 Å². The molecule has 1 aromatic rings. The number of rotatable bonds is 10. The minimum absolute atomic E-state index is 0.278. The Morgan fingerprint density at radius 2 is 1.72 bits per heavy atom. The zero-order valence-electron chi connectivity index (χ0n) is 17.8. The second-order valence-corrected chi connectivity index (χ2v) is 8.27. The minimum atomic E-state index is -1.43. The van der Waals surface area contributed by atoms with Gasteiger partial charge in [-0.3, -0.25) is 4.79 Å². The lowest BCUT2D eigenvalue weighted by Gasteiger charge is -2.38. The molecule has 0 spiro atoms. The Hall–Kier alpha value is -2.12. The van der Waals surface area contributed by atoms with Crippen molar-refractivity contribution in [1.82, 2.24) is 15.3 Å². The van der Waals surface area contributed by atoms with E-state index in [9.17, 15) is 19.8 Å². The van der Waals surface area contributed by atoms with Crippen LogP contribution in [0.4, 0.5) is 4.79 Å². The van der Waals surface area contributed by atoms with Gasteiger partial charge in [0, 0.05) is 13.1 Å². The van der Waals surface area contributed by atoms with E-state index in [0.717, 1.165) is 31.2 Å². The second-order valence-electron chi connectivity index (χ2n) is 8.27. The normalized spacial score (nSPS) is 17.7. The molecule has 7 heteroatoms. The summed E-state index contributed by atoms with van der Waals surface area (Å²) in [5.74, 6) is -0.0638. The van der Waals surface area contributed by atoms with Gasteiger partial charge < -0.3 is 15.5 Å². The van der Waals surface area contributed by atoms with E-state index in [-0.39, 0.29) is 6.04 Å². The first-order valence-corrected chi connectivity index (χ1v) is 10.6. The van der Waals surface area contributed by atoms with E-state index in [2.05, 4.69) is 19.2 Å². The number of carbonyl (C=O) groups excluding carboxylic acids is 1. The Balaban J connectivity index is 2.14. The fraction of sp³-hybridized carbons (Fsp3) is 0.636. The largest absolute Gasteiger partial charge is 0.464 e. The number of carbonyl (C=O) groups is 2. The number of nitrogens with zero attached hydrogens (tertiary/aromatic N) is 2. The fourth-order valence-electron chi connectivity index (χ4n) is 3.84. The third-order valence-corrected chi connectivity index (χ3v) is 5.47. The summed E-state index contributed by atoms with van der Waals surface area (Å²) in [5, 5.41) is 26.5. The van der Waals surface area contributed by atoms with Crippen LogP contribution in [0.1, 0.15) is 64.5 Å². The smallest absolute Gasteiger partial charge is 0.422 e. The number of aliphatic hydroxyl groups excluding tert-OH is 1. The summed E-state index contributed by atoms with van der Waals surface area (Å²) in [5.41, 5.74) is 0.930. The molecule has 0 radical (unpaired) electrons. The number of hydrogen-bond acceptors (Lipinski definition) is 4. The van der Waals surface area contributed by atoms with Gasteiger partial charge in [0.1, 0.15) is 0 Å². The third kappa shape index (κ3) is 6.72. The molecule has 3 atom stereocenters. The van der Waals surface area contributed by atoms with Crippen LogP contribution >= 0.6 is 0 Å². The van der Waals surface area contributed by atoms with Gasteiger partial charge >= 0.3 is 6.09 Å². The van der Waals surface area contributed by atoms with E-state index in [0.29, 0.717) is 25.4 Å². The van der Waals surface area contributed by atoms with Gasteiger partial charge in [0.05, 0.1) is 12.1 Å². The number of hydrazine groups is 1. The molecule has 0 saturated carbocycles. The molecule has 1 aromatic carbocycles. The summed E-state index contributed by atoms with van der Waals surface area (Å²) < 4.78 is 0. The highest BCUT2D eigenvalue weighted by atomic mass is 16.4. The van der Waals surface area contributed by atoms with Crippen molar-refractivity contribution in [2.45, 2.75) is 71.1 Å². The van der Waals surface area contributed by atoms with Crippen molar-refractivity contribution < 1.29 is 19.8 Å². The third-order valence-electron chi connectivity index (χ3n) is 5.47. The maximum absolute atomic E-state index is 12.8. The highest BCUT2D eigenvalue weighted by Gasteiger charge is 2.38. The molecular formula is C22H35N3O4. The number of benzene rings is 1. The van der Waals surface area contributed by atoms with Crippen LogP contribution in [0.25, 0.3) is 0 Å². The van der Waals surface area contributed by atoms with Crippen LogP contribution in [-0.2, 0) is 4.79 Å². The van der Waals surface area contributed by atoms with Crippen LogP contribution in [-0.4, -0.2) is 57.5 Å². The Labute approximate surface area is 173 Å². The molecule has 1 aliphatic heterocycles. The first-order valence-electron chi connectivity index (χ1n) is 10.6. The minimum Gasteiger partial charge on any atom is -0.464 e. The molecule has 0 bridgehead atoms. The van der Waals surface area contributed by atoms with Crippen molar-refractivity contribution in [3.05, 3.63) is 35.9 Å². The van der Waals surface area contributed by atoms with E-state index in [1.165, 1.54) is 5.01 Å². The van der Waals surface area contributed by atoms with Crippen LogP contribution in [0, 0.1) is 5.92 Å². The topological polar surface area (TPSA) is 93.1 Å². The first kappa shape index (κ1) is 23.2. The Morgan fingerprint density at radius 1 is 1.10 bits per heavy atom. The van der Waals surface area contributed by atoms with Crippen LogP contribution in [0.15, 0.2) is 30.3 Å². The van der Waals surface area contributed by atoms with E-state index in [1.54, 1.807) is 5.01 Å². The molecule has 1 fully saturated rings. The molecule has 2 rings (SSSR count). The molecule has 1 aliphatic rings. The quantitative estimate of drug-likeness (QED) is 0.555. The Morgan fingerprint density at radius 3 is 2.28 bits per heavy atom. The van der Waals surface area contributed by atoms with Gasteiger partial charge in [-0.15, -0.1) is 0 Å². The molecule has 3 N–H and O–H groups in total. The van der Waals surface area contributed by atoms with Crippen molar-refractivity contribution in [3.63, 3.8) is 0 Å². The monoisotopic (exact) mass is 405 g/mol. The average molecular weight is 406 g/mol. The van der Waals surface area contributed by atoms with E-state index >= 15 is 0 Å². The molecule has 1 unspecified atom stereocenters. The lowest BCUT2D eigenvalue weighted by molar-refractivity contribution is -0.138. The van der Waals surface area contributed by atoms with Crippen LogP contribution in [0.3, 0.4) is 0 Å². The van der Waals surface area contributed by atoms with Gasteiger partial charge in [-0.05, 0) is 37.7 Å². The van der Waals surface area contributed by atoms with Crippen molar-refractivity contribution in [1.29, 1.82) is 0 Å². The summed E-state index contributed by atoms with van der Waals surface area (Å²) in [4.78, 5) is 24.8. The molecule has 1 heterocycles. The van der Waals surface area contributed by atoms with Gasteiger partial charge in [-0.1, -0.05) is 57.0 Å². The predicted octanol–water partition coefficient (Wildman–Crippen LogP) is 3.41. The summed E-state index contributed by atoms with van der Waals surface area (Å²) in [6, 6.07) is 8.42. The molecule has 0 aliphatic carbocycles. The maximum atomic E-state index is 12.8. The van der Waals surface area contributed by atoms with Gasteiger partial charge in [-0.2, -0.15) is 0 Å². The number of aliphatic hydroxyl groups is 1. The number of amides is 2. The van der Waals surface area contributed by atoms with Crippen molar-refractivity contribution in [2.75, 3.05) is 13.1 Å². The van der Waals surface area contributed by atoms with Gasteiger partial charge in [0.2, 0.25) is 0 Å². The van der Waals surface area contributed by atoms with Crippen molar-refractivity contribution in [3.8, 4) is 0 Å². The number of hydrogen-bond donors (Lipinski definition) is 3. The Bertz CT molecular complexity index is 647. The average Bonchev–Trinajstić information content (AvgIpc) is 3.20. The fourth-order valence-corrected chi connectivity index (χ4v) is 3.84. The molecule has 7 nitrogen and oxygen atoms in total. The summed E-state index contributed by atoms with van der Waals surface area (Å²) in [7, 11) is 0. The molecule has 0 aromatic heterocycles. The van der Waals surface area contributed by atoms with Crippen molar-refractivity contribution in [2.24, 2.45) is 5.92 Å². The summed E-state index contributed by atoms with van der Waals surface area (Å²) in [6.07, 6.45) is 1.38. The second kappa shape index (κ2) is 11.2. The molecule has 162 valence electrons. The maximum Gasteiger partial charge on any atom is 0.422 e. The van der Waals surface area contributed by atoms with E-state index < -0.39 is 24.1 Å². The lowest BCUT2D eigenvalue weighted by Crippen LogP contribution is -2.58. The van der Waals surface area contributed by atoms with Crippen LogP contribution in [0.5, 0.6) is 0 Å². The first-order chi connectivity index (χ1) is 13.8. The summed E-state index contributed by atoms with van der Waals surface area (Å²) >= 11 is 0. The van der Waals surface area contributed by atoms with Gasteiger partial charge in [0.25, 0.3) is 5.91 Å². The lowest BCUT2D eigenvalue weighted by atomic mass is 9.98. The van der Waals surface area contributed by atoms with Crippen LogP contribution in [0.2, 0.25) is 0 Å². The van der Waals surface area contributed by atoms with E-state index in [1.807, 2.05) is 37.3 Å². The molecular weight excluding hydrogens is 370 g/mol. The molecule has 1 saturated heterocycles. The predicted molar refractivity (Wildman–Crippen MR) is 112 cm³/mol. The standard InChI is InChI=1S/C22H35N3O4/c1-16(2)10-9-13-19(25(22(28)29)24-14-7-8-15-24)20(26)21(27)23-17(3)18-11-5-4-6-12-18/h4-6,11-12,16-17,19-20,26H,7-10,13-15H2,1-3H3,(H,23,27)(H,28,29)/t17-,19+,20?/m1/s1. The highest BCUT2D eigenvalue weighted by Crippen LogP contribution is 2.22. The zero-order valence-corrected chi connectivity index (χ0v) is 17.8.